The molecule has 1 aliphatic rings. The number of carboxylic acids is 1. The van der Waals surface area contributed by atoms with Crippen LogP contribution in [0.2, 0.25) is 0 Å². The van der Waals surface area contributed by atoms with Crippen LogP contribution in [-0.2, 0) is 9.59 Å². The number of rotatable bonds is 3. The molecule has 1 aliphatic heterocycles. The molecule has 1 heterocycles. The highest BCUT2D eigenvalue weighted by molar-refractivity contribution is 6.05. The number of amides is 2. The number of aromatic carboxylic acids is 1. The summed E-state index contributed by atoms with van der Waals surface area (Å²) < 4.78 is 13.8. The minimum atomic E-state index is -1.34. The molecule has 3 N–H and O–H groups in total. The third-order valence-electron chi connectivity index (χ3n) is 3.01. The van der Waals surface area contributed by atoms with Crippen LogP contribution in [0.1, 0.15) is 16.8 Å². The van der Waals surface area contributed by atoms with Gasteiger partial charge in [0.1, 0.15) is 5.82 Å². The van der Waals surface area contributed by atoms with E-state index in [1.165, 1.54) is 12.1 Å². The molecule has 100 valence electrons. The summed E-state index contributed by atoms with van der Waals surface area (Å²) in [6.45, 7) is -0.102. The highest BCUT2D eigenvalue weighted by Crippen LogP contribution is 2.30. The summed E-state index contributed by atoms with van der Waals surface area (Å²) in [5.74, 6) is -4.07. The summed E-state index contributed by atoms with van der Waals surface area (Å²) in [6.07, 6.45) is -0.136. The molecule has 2 amide bonds. The Morgan fingerprint density at radius 1 is 1.42 bits per heavy atom. The van der Waals surface area contributed by atoms with Crippen molar-refractivity contribution in [1.29, 1.82) is 0 Å². The monoisotopic (exact) mass is 266 g/mol. The number of carbonyl (C=O) groups excluding carboxylic acids is 2. The zero-order valence-electron chi connectivity index (χ0n) is 9.80. The number of nitrogens with two attached hydrogens (primary N) is 1. The molecule has 0 aliphatic carbocycles. The Hall–Kier alpha value is -2.44. The lowest BCUT2D eigenvalue weighted by Crippen LogP contribution is -2.30. The van der Waals surface area contributed by atoms with Gasteiger partial charge in [-0.1, -0.05) is 6.07 Å². The number of carboxylic acid groups (broad SMARTS) is 1. The summed E-state index contributed by atoms with van der Waals surface area (Å²) in [7, 11) is 0. The van der Waals surface area contributed by atoms with Gasteiger partial charge in [-0.3, -0.25) is 9.59 Å². The van der Waals surface area contributed by atoms with Crippen molar-refractivity contribution in [3.63, 3.8) is 0 Å². The molecule has 0 spiro atoms. The number of carbonyl (C=O) groups is 3. The van der Waals surface area contributed by atoms with Crippen molar-refractivity contribution >= 4 is 23.5 Å². The quantitative estimate of drug-likeness (QED) is 0.824. The van der Waals surface area contributed by atoms with Gasteiger partial charge >= 0.3 is 5.97 Å². The van der Waals surface area contributed by atoms with Crippen molar-refractivity contribution in [1.82, 2.24) is 0 Å². The molecule has 0 saturated carbocycles. The molecule has 1 fully saturated rings. The second-order valence-electron chi connectivity index (χ2n) is 4.25. The van der Waals surface area contributed by atoms with E-state index in [1.807, 2.05) is 0 Å². The number of para-hydroxylation sites is 1. The van der Waals surface area contributed by atoms with Gasteiger partial charge in [-0.05, 0) is 12.1 Å². The van der Waals surface area contributed by atoms with Crippen LogP contribution < -0.4 is 10.6 Å². The minimum absolute atomic E-state index is 0.102. The van der Waals surface area contributed by atoms with Crippen LogP contribution in [0.5, 0.6) is 0 Å². The summed E-state index contributed by atoms with van der Waals surface area (Å²) in [6, 6.07) is 3.51. The lowest BCUT2D eigenvalue weighted by molar-refractivity contribution is -0.123. The summed E-state index contributed by atoms with van der Waals surface area (Å²) >= 11 is 0. The highest BCUT2D eigenvalue weighted by Gasteiger charge is 2.36. The third kappa shape index (κ3) is 2.26. The van der Waals surface area contributed by atoms with Gasteiger partial charge in [-0.2, -0.15) is 0 Å². The van der Waals surface area contributed by atoms with Crippen LogP contribution in [0.25, 0.3) is 0 Å². The van der Waals surface area contributed by atoms with Crippen molar-refractivity contribution in [3.05, 3.63) is 29.6 Å². The number of hydrogen-bond acceptors (Lipinski definition) is 3. The molecule has 1 atom stereocenters. The number of benzene rings is 1. The first-order valence-corrected chi connectivity index (χ1v) is 5.53. The predicted octanol–water partition coefficient (Wildman–Crippen LogP) is 0.362. The van der Waals surface area contributed by atoms with E-state index in [-0.39, 0.29) is 24.2 Å². The normalized spacial score (nSPS) is 18.7. The topological polar surface area (TPSA) is 101 Å². The summed E-state index contributed by atoms with van der Waals surface area (Å²) in [5, 5.41) is 9.02. The molecule has 7 heteroatoms. The Bertz CT molecular complexity index is 573. The zero-order valence-corrected chi connectivity index (χ0v) is 9.80. The largest absolute Gasteiger partial charge is 0.478 e. The van der Waals surface area contributed by atoms with Gasteiger partial charge in [0.05, 0.1) is 17.2 Å². The Kier molecular flexibility index (Phi) is 3.20. The van der Waals surface area contributed by atoms with E-state index in [0.29, 0.717) is 0 Å². The van der Waals surface area contributed by atoms with Crippen molar-refractivity contribution < 1.29 is 23.9 Å². The van der Waals surface area contributed by atoms with E-state index in [0.717, 1.165) is 11.0 Å². The molecule has 0 aromatic heterocycles. The Morgan fingerprint density at radius 3 is 2.63 bits per heavy atom. The molecular formula is C12H11FN2O4. The molecule has 19 heavy (non-hydrogen) atoms. The number of primary amides is 1. The average Bonchev–Trinajstić information content (AvgIpc) is 2.71. The molecule has 6 nitrogen and oxygen atoms in total. The fourth-order valence-corrected chi connectivity index (χ4v) is 2.08. The van der Waals surface area contributed by atoms with Crippen molar-refractivity contribution in [2.75, 3.05) is 11.4 Å². The second-order valence-corrected chi connectivity index (χ2v) is 4.25. The Morgan fingerprint density at radius 2 is 2.11 bits per heavy atom. The maximum absolute atomic E-state index is 13.8. The third-order valence-corrected chi connectivity index (χ3v) is 3.01. The van der Waals surface area contributed by atoms with Crippen LogP contribution in [-0.4, -0.2) is 29.4 Å². The SMILES string of the molecule is NC(=O)C1CC(=O)N(c2c(F)cccc2C(=O)O)C1. The Balaban J connectivity index is 2.45. The summed E-state index contributed by atoms with van der Waals surface area (Å²) in [4.78, 5) is 34.9. The van der Waals surface area contributed by atoms with Gasteiger partial charge < -0.3 is 15.7 Å². The molecule has 0 radical (unpaired) electrons. The lowest BCUT2D eigenvalue weighted by Gasteiger charge is -2.19. The molecule has 1 aromatic rings. The lowest BCUT2D eigenvalue weighted by atomic mass is 10.1. The maximum Gasteiger partial charge on any atom is 0.337 e. The fraction of sp³-hybridized carbons (Fsp3) is 0.250. The van der Waals surface area contributed by atoms with E-state index in [4.69, 9.17) is 10.8 Å². The van der Waals surface area contributed by atoms with E-state index in [2.05, 4.69) is 0 Å². The van der Waals surface area contributed by atoms with Crippen molar-refractivity contribution in [2.24, 2.45) is 11.7 Å². The zero-order chi connectivity index (χ0) is 14.2. The minimum Gasteiger partial charge on any atom is -0.478 e. The van der Waals surface area contributed by atoms with E-state index in [9.17, 15) is 18.8 Å². The van der Waals surface area contributed by atoms with E-state index >= 15 is 0 Å². The first-order valence-electron chi connectivity index (χ1n) is 5.53. The molecule has 1 unspecified atom stereocenters. The van der Waals surface area contributed by atoms with Crippen molar-refractivity contribution in [2.45, 2.75) is 6.42 Å². The van der Waals surface area contributed by atoms with Crippen molar-refractivity contribution in [3.8, 4) is 0 Å². The second kappa shape index (κ2) is 4.68. The number of anilines is 1. The van der Waals surface area contributed by atoms with Gasteiger partial charge in [0.25, 0.3) is 0 Å². The predicted molar refractivity (Wildman–Crippen MR) is 63.0 cm³/mol. The first kappa shape index (κ1) is 13.0. The number of halogens is 1. The average molecular weight is 266 g/mol. The van der Waals surface area contributed by atoms with Gasteiger partial charge in [-0.25, -0.2) is 9.18 Å². The van der Waals surface area contributed by atoms with E-state index < -0.39 is 29.5 Å². The maximum atomic E-state index is 13.8. The molecule has 2 rings (SSSR count). The molecule has 0 bridgehead atoms. The van der Waals surface area contributed by atoms with Crippen LogP contribution in [0, 0.1) is 11.7 Å². The van der Waals surface area contributed by atoms with Gasteiger partial charge in [0.2, 0.25) is 11.8 Å². The highest BCUT2D eigenvalue weighted by atomic mass is 19.1. The molecular weight excluding hydrogens is 255 g/mol. The standard InChI is InChI=1S/C12H11FN2O4/c13-8-3-1-2-7(12(18)19)10(8)15-5-6(11(14)17)4-9(15)16/h1-3,6H,4-5H2,(H2,14,17)(H,18,19). The molecule has 1 aromatic carbocycles. The smallest absolute Gasteiger partial charge is 0.337 e. The van der Waals surface area contributed by atoms with Crippen LogP contribution in [0.4, 0.5) is 10.1 Å². The van der Waals surface area contributed by atoms with Crippen LogP contribution in [0.3, 0.4) is 0 Å². The fourth-order valence-electron chi connectivity index (χ4n) is 2.08. The number of hydrogen-bond donors (Lipinski definition) is 2. The van der Waals surface area contributed by atoms with Gasteiger partial charge in [0, 0.05) is 13.0 Å². The van der Waals surface area contributed by atoms with Crippen LogP contribution >= 0.6 is 0 Å². The van der Waals surface area contributed by atoms with Gasteiger partial charge in [0.15, 0.2) is 0 Å². The van der Waals surface area contributed by atoms with E-state index in [1.54, 1.807) is 0 Å². The Labute approximate surface area is 107 Å². The number of nitrogens with zero attached hydrogens (tertiary/aromatic N) is 1. The van der Waals surface area contributed by atoms with Crippen LogP contribution in [0.15, 0.2) is 18.2 Å². The first-order chi connectivity index (χ1) is 8.91. The molecule has 1 saturated heterocycles. The summed E-state index contributed by atoms with van der Waals surface area (Å²) in [5.41, 5.74) is 4.47. The van der Waals surface area contributed by atoms with Gasteiger partial charge in [-0.15, -0.1) is 0 Å².